The van der Waals surface area contributed by atoms with Crippen molar-refractivity contribution in [1.29, 1.82) is 0 Å². The van der Waals surface area contributed by atoms with E-state index in [1.165, 1.54) is 17.0 Å². The van der Waals surface area contributed by atoms with Crippen LogP contribution in [0.15, 0.2) is 108 Å². The fourth-order valence-corrected chi connectivity index (χ4v) is 6.89. The highest BCUT2D eigenvalue weighted by atomic mass is 32.2. The van der Waals surface area contributed by atoms with E-state index in [4.69, 9.17) is 9.47 Å². The minimum Gasteiger partial charge on any atom is -0.486 e. The van der Waals surface area contributed by atoms with Crippen LogP contribution < -0.4 is 19.1 Å². The van der Waals surface area contributed by atoms with Crippen molar-refractivity contribution in [3.05, 3.63) is 120 Å². The summed E-state index contributed by atoms with van der Waals surface area (Å²) in [6, 6.07) is 29.1. The molecule has 4 aromatic rings. The van der Waals surface area contributed by atoms with Crippen molar-refractivity contribution in [2.24, 2.45) is 0 Å². The maximum Gasteiger partial charge on any atom is 0.264 e. The summed E-state index contributed by atoms with van der Waals surface area (Å²) in [7, 11) is -4.22. The third-order valence-corrected chi connectivity index (χ3v) is 9.91. The Morgan fingerprint density at radius 2 is 1.51 bits per heavy atom. The molecule has 1 heterocycles. The molecular formula is C37H41N3O6S. The molecular weight excluding hydrogens is 614 g/mol. The number of fused-ring (bicyclic) bond motifs is 1. The maximum atomic E-state index is 14.7. The zero-order chi connectivity index (χ0) is 33.2. The van der Waals surface area contributed by atoms with E-state index >= 15 is 0 Å². The van der Waals surface area contributed by atoms with E-state index in [1.807, 2.05) is 68.4 Å². The van der Waals surface area contributed by atoms with Gasteiger partial charge in [0.25, 0.3) is 10.0 Å². The Hall–Kier alpha value is -4.83. The Morgan fingerprint density at radius 1 is 0.851 bits per heavy atom. The molecule has 246 valence electrons. The maximum absolute atomic E-state index is 14.7. The Morgan fingerprint density at radius 3 is 2.21 bits per heavy atom. The second-order valence-electron chi connectivity index (χ2n) is 11.5. The topological polar surface area (TPSA) is 105 Å². The summed E-state index contributed by atoms with van der Waals surface area (Å²) in [4.78, 5) is 30.1. The number of amides is 2. The van der Waals surface area contributed by atoms with Gasteiger partial charge in [0.2, 0.25) is 11.8 Å². The summed E-state index contributed by atoms with van der Waals surface area (Å²) in [5.41, 5.74) is 2.94. The van der Waals surface area contributed by atoms with Crippen LogP contribution in [0.5, 0.6) is 11.5 Å². The molecule has 10 heteroatoms. The van der Waals surface area contributed by atoms with Crippen LogP contribution >= 0.6 is 0 Å². The molecule has 0 bridgehead atoms. The van der Waals surface area contributed by atoms with Crippen LogP contribution in [0, 0.1) is 6.92 Å². The Bertz CT molecular complexity index is 1770. The predicted molar refractivity (Wildman–Crippen MR) is 182 cm³/mol. The van der Waals surface area contributed by atoms with Crippen LogP contribution in [0.1, 0.15) is 36.5 Å². The quantitative estimate of drug-likeness (QED) is 0.180. The molecule has 0 unspecified atom stereocenters. The molecule has 0 saturated heterocycles. The normalized spacial score (nSPS) is 13.0. The van der Waals surface area contributed by atoms with Gasteiger partial charge in [-0.3, -0.25) is 13.9 Å². The SMILES string of the molecule is CCCCNC(=O)[C@@H](Cc1ccccc1)N(Cc1ccccc1C)C(=O)CN(c1ccc2c(c1)OCCO2)S(=O)(=O)c1ccccc1. The number of carbonyl (C=O) groups is 2. The molecule has 47 heavy (non-hydrogen) atoms. The summed E-state index contributed by atoms with van der Waals surface area (Å²) in [5.74, 6) is 0.0787. The number of hydrogen-bond acceptors (Lipinski definition) is 6. The van der Waals surface area contributed by atoms with E-state index in [2.05, 4.69) is 5.32 Å². The largest absolute Gasteiger partial charge is 0.486 e. The van der Waals surface area contributed by atoms with Crippen molar-refractivity contribution in [2.75, 3.05) is 30.6 Å². The van der Waals surface area contributed by atoms with E-state index in [9.17, 15) is 18.0 Å². The van der Waals surface area contributed by atoms with Gasteiger partial charge in [-0.1, -0.05) is 86.1 Å². The molecule has 0 aliphatic carbocycles. The molecule has 1 atom stereocenters. The first-order chi connectivity index (χ1) is 22.8. The average molecular weight is 656 g/mol. The van der Waals surface area contributed by atoms with Crippen molar-refractivity contribution in [3.63, 3.8) is 0 Å². The number of carbonyl (C=O) groups excluding carboxylic acids is 2. The van der Waals surface area contributed by atoms with Crippen LogP contribution in [0.3, 0.4) is 0 Å². The lowest BCUT2D eigenvalue weighted by atomic mass is 10.0. The van der Waals surface area contributed by atoms with Gasteiger partial charge in [0, 0.05) is 25.6 Å². The molecule has 5 rings (SSSR count). The van der Waals surface area contributed by atoms with Gasteiger partial charge in [-0.05, 0) is 54.3 Å². The average Bonchev–Trinajstić information content (AvgIpc) is 3.10. The highest BCUT2D eigenvalue weighted by molar-refractivity contribution is 7.92. The summed E-state index contributed by atoms with van der Waals surface area (Å²) in [5, 5.41) is 3.02. The van der Waals surface area contributed by atoms with Crippen molar-refractivity contribution < 1.29 is 27.5 Å². The van der Waals surface area contributed by atoms with Crippen LogP contribution in [-0.4, -0.2) is 57.5 Å². The van der Waals surface area contributed by atoms with Gasteiger partial charge < -0.3 is 19.7 Å². The zero-order valence-electron chi connectivity index (χ0n) is 26.8. The Kier molecular flexibility index (Phi) is 11.2. The highest BCUT2D eigenvalue weighted by Crippen LogP contribution is 2.36. The molecule has 0 radical (unpaired) electrons. The first-order valence-electron chi connectivity index (χ1n) is 15.9. The molecule has 1 aliphatic heterocycles. The summed E-state index contributed by atoms with van der Waals surface area (Å²) in [6.07, 6.45) is 1.95. The van der Waals surface area contributed by atoms with Crippen molar-refractivity contribution >= 4 is 27.5 Å². The van der Waals surface area contributed by atoms with Gasteiger partial charge in [-0.25, -0.2) is 8.42 Å². The summed E-state index contributed by atoms with van der Waals surface area (Å²) < 4.78 is 41.0. The number of ether oxygens (including phenoxy) is 2. The predicted octanol–water partition coefficient (Wildman–Crippen LogP) is 5.52. The number of nitrogens with zero attached hydrogens (tertiary/aromatic N) is 2. The molecule has 0 fully saturated rings. The molecule has 1 aliphatic rings. The van der Waals surface area contributed by atoms with Gasteiger partial charge in [0.05, 0.1) is 10.6 Å². The Labute approximate surface area is 277 Å². The van der Waals surface area contributed by atoms with Crippen molar-refractivity contribution in [3.8, 4) is 11.5 Å². The van der Waals surface area contributed by atoms with Crippen LogP contribution in [0.4, 0.5) is 5.69 Å². The molecule has 4 aromatic carbocycles. The summed E-state index contributed by atoms with van der Waals surface area (Å²) >= 11 is 0. The molecule has 1 N–H and O–H groups in total. The minimum absolute atomic E-state index is 0.0336. The third-order valence-electron chi connectivity index (χ3n) is 8.13. The van der Waals surface area contributed by atoms with E-state index in [0.717, 1.165) is 33.8 Å². The second kappa shape index (κ2) is 15.6. The second-order valence-corrected chi connectivity index (χ2v) is 13.3. The van der Waals surface area contributed by atoms with E-state index in [-0.39, 0.29) is 29.5 Å². The molecule has 0 saturated carbocycles. The van der Waals surface area contributed by atoms with Crippen molar-refractivity contribution in [2.45, 2.75) is 50.6 Å². The lowest BCUT2D eigenvalue weighted by Gasteiger charge is -2.34. The van der Waals surface area contributed by atoms with Gasteiger partial charge in [0.1, 0.15) is 25.8 Å². The highest BCUT2D eigenvalue weighted by Gasteiger charge is 2.35. The lowest BCUT2D eigenvalue weighted by molar-refractivity contribution is -0.140. The number of nitrogens with one attached hydrogen (secondary N) is 1. The monoisotopic (exact) mass is 655 g/mol. The van der Waals surface area contributed by atoms with E-state index in [0.29, 0.717) is 31.3 Å². The standard InChI is InChI=1S/C37H41N3O6S/c1-3-4-21-38-37(42)33(24-29-14-7-5-8-15-29)39(26-30-16-12-11-13-28(30)2)36(41)27-40(47(43,44)32-17-9-6-10-18-32)31-19-20-34-35(25-31)46-23-22-45-34/h5-20,25,33H,3-4,21-24,26-27H2,1-2H3,(H,38,42)/t33-/m1/s1. The van der Waals surface area contributed by atoms with Gasteiger partial charge in [-0.2, -0.15) is 0 Å². The number of hydrogen-bond donors (Lipinski definition) is 1. The number of benzene rings is 4. The fourth-order valence-electron chi connectivity index (χ4n) is 5.47. The smallest absolute Gasteiger partial charge is 0.264 e. The van der Waals surface area contributed by atoms with E-state index < -0.39 is 28.5 Å². The van der Waals surface area contributed by atoms with Gasteiger partial charge >= 0.3 is 0 Å². The Balaban J connectivity index is 1.58. The van der Waals surface area contributed by atoms with Crippen LogP contribution in [0.25, 0.3) is 0 Å². The number of sulfonamides is 1. The molecule has 0 spiro atoms. The number of anilines is 1. The first kappa shape index (κ1) is 33.5. The fraction of sp³-hybridized carbons (Fsp3) is 0.297. The van der Waals surface area contributed by atoms with Crippen molar-refractivity contribution in [1.82, 2.24) is 10.2 Å². The molecule has 2 amide bonds. The molecule has 0 aromatic heterocycles. The number of aryl methyl sites for hydroxylation is 1. The van der Waals surface area contributed by atoms with E-state index in [1.54, 1.807) is 36.4 Å². The van der Waals surface area contributed by atoms with Gasteiger partial charge in [0.15, 0.2) is 11.5 Å². The number of unbranched alkanes of at least 4 members (excludes halogenated alkanes) is 1. The summed E-state index contributed by atoms with van der Waals surface area (Å²) in [6.45, 7) is 4.74. The lowest BCUT2D eigenvalue weighted by Crippen LogP contribution is -2.53. The number of rotatable bonds is 14. The molecule has 9 nitrogen and oxygen atoms in total. The van der Waals surface area contributed by atoms with Gasteiger partial charge in [-0.15, -0.1) is 0 Å². The minimum atomic E-state index is -4.22. The van der Waals surface area contributed by atoms with Crippen LogP contribution in [0.2, 0.25) is 0 Å². The zero-order valence-corrected chi connectivity index (χ0v) is 27.6. The van der Waals surface area contributed by atoms with Crippen LogP contribution in [-0.2, 0) is 32.6 Å². The first-order valence-corrected chi connectivity index (χ1v) is 17.3. The third kappa shape index (κ3) is 8.31.